The third-order valence-corrected chi connectivity index (χ3v) is 5.64. The quantitative estimate of drug-likeness (QED) is 0.839. The second-order valence-electron chi connectivity index (χ2n) is 6.28. The molecule has 0 saturated heterocycles. The first-order valence-electron chi connectivity index (χ1n) is 7.99. The van der Waals surface area contributed by atoms with E-state index in [1.54, 1.807) is 12.1 Å². The van der Waals surface area contributed by atoms with Gasteiger partial charge in [-0.1, -0.05) is 42.5 Å². The molecule has 1 N–H and O–H groups in total. The van der Waals surface area contributed by atoms with Crippen LogP contribution in [0.2, 0.25) is 0 Å². The summed E-state index contributed by atoms with van der Waals surface area (Å²) in [5.41, 5.74) is 2.07. The van der Waals surface area contributed by atoms with Crippen molar-refractivity contribution in [3.05, 3.63) is 71.5 Å². The van der Waals surface area contributed by atoms with E-state index in [1.165, 1.54) is 17.7 Å². The molecule has 1 amide bonds. The van der Waals surface area contributed by atoms with E-state index in [-0.39, 0.29) is 28.6 Å². The predicted molar refractivity (Wildman–Crippen MR) is 93.5 cm³/mol. The maximum Gasteiger partial charge on any atom is 0.232 e. The van der Waals surface area contributed by atoms with Crippen LogP contribution in [0.5, 0.6) is 0 Å². The Morgan fingerprint density at radius 2 is 1.75 bits per heavy atom. The second-order valence-corrected chi connectivity index (χ2v) is 7.74. The van der Waals surface area contributed by atoms with Crippen LogP contribution in [0, 0.1) is 5.82 Å². The molecule has 0 aliphatic heterocycles. The van der Waals surface area contributed by atoms with Crippen LogP contribution < -0.4 is 5.32 Å². The second kappa shape index (κ2) is 7.26. The van der Waals surface area contributed by atoms with Crippen LogP contribution >= 0.6 is 0 Å². The van der Waals surface area contributed by atoms with Gasteiger partial charge >= 0.3 is 0 Å². The largest absolute Gasteiger partial charge is 0.354 e. The number of hydrogen-bond donors (Lipinski definition) is 1. The van der Waals surface area contributed by atoms with E-state index in [9.17, 15) is 13.4 Å². The van der Waals surface area contributed by atoms with Crippen LogP contribution in [-0.2, 0) is 26.8 Å². The Labute approximate surface area is 143 Å². The molecule has 0 spiro atoms. The van der Waals surface area contributed by atoms with Gasteiger partial charge in [0, 0.05) is 28.5 Å². The Hall–Kier alpha value is -2.01. The number of halogens is 1. The SMILES string of the molecule is O=C(C[S@](=O)Cc1ccc(F)cc1)NCC1(c2ccccc2)CC1. The average molecular weight is 345 g/mol. The van der Waals surface area contributed by atoms with E-state index in [2.05, 4.69) is 17.4 Å². The van der Waals surface area contributed by atoms with E-state index in [1.807, 2.05) is 18.2 Å². The summed E-state index contributed by atoms with van der Waals surface area (Å²) in [5, 5.41) is 2.92. The van der Waals surface area contributed by atoms with Crippen LogP contribution in [0.15, 0.2) is 54.6 Å². The van der Waals surface area contributed by atoms with Crippen molar-refractivity contribution >= 4 is 16.7 Å². The van der Waals surface area contributed by atoms with Gasteiger partial charge in [0.15, 0.2) is 0 Å². The van der Waals surface area contributed by atoms with Crippen molar-refractivity contribution in [2.75, 3.05) is 12.3 Å². The van der Waals surface area contributed by atoms with Crippen molar-refractivity contribution in [2.45, 2.75) is 24.0 Å². The summed E-state index contributed by atoms with van der Waals surface area (Å²) in [7, 11) is -1.29. The molecule has 126 valence electrons. The highest BCUT2D eigenvalue weighted by Gasteiger charge is 2.44. The standard InChI is InChI=1S/C19H20FNO2S/c20-17-8-6-15(7-9-17)12-24(23)13-18(22)21-14-19(10-11-19)16-4-2-1-3-5-16/h1-9H,10-14H2,(H,21,22)/t24-/m1/s1. The Balaban J connectivity index is 1.47. The van der Waals surface area contributed by atoms with E-state index >= 15 is 0 Å². The zero-order valence-electron chi connectivity index (χ0n) is 13.3. The van der Waals surface area contributed by atoms with Crippen LogP contribution in [0.25, 0.3) is 0 Å². The van der Waals surface area contributed by atoms with Gasteiger partial charge in [-0.3, -0.25) is 9.00 Å². The van der Waals surface area contributed by atoms with Crippen LogP contribution in [0.3, 0.4) is 0 Å². The molecule has 3 nitrogen and oxygen atoms in total. The van der Waals surface area contributed by atoms with E-state index in [0.29, 0.717) is 6.54 Å². The highest BCUT2D eigenvalue weighted by molar-refractivity contribution is 7.84. The Bertz CT molecular complexity index is 727. The van der Waals surface area contributed by atoms with Crippen LogP contribution in [0.4, 0.5) is 4.39 Å². The maximum atomic E-state index is 12.9. The van der Waals surface area contributed by atoms with Gasteiger partial charge in [-0.05, 0) is 36.1 Å². The monoisotopic (exact) mass is 345 g/mol. The molecule has 0 aromatic heterocycles. The number of hydrogen-bond acceptors (Lipinski definition) is 2. The lowest BCUT2D eigenvalue weighted by Crippen LogP contribution is -2.35. The Morgan fingerprint density at radius 1 is 1.08 bits per heavy atom. The highest BCUT2D eigenvalue weighted by Crippen LogP contribution is 2.47. The third kappa shape index (κ3) is 4.29. The van der Waals surface area contributed by atoms with Gasteiger partial charge in [-0.2, -0.15) is 0 Å². The number of nitrogens with one attached hydrogen (secondary N) is 1. The van der Waals surface area contributed by atoms with Crippen molar-refractivity contribution in [2.24, 2.45) is 0 Å². The normalized spacial score (nSPS) is 16.4. The van der Waals surface area contributed by atoms with E-state index in [0.717, 1.165) is 18.4 Å². The smallest absolute Gasteiger partial charge is 0.232 e. The number of carbonyl (C=O) groups is 1. The van der Waals surface area contributed by atoms with Gasteiger partial charge in [0.25, 0.3) is 0 Å². The lowest BCUT2D eigenvalue weighted by molar-refractivity contribution is -0.118. The molecule has 0 heterocycles. The molecular weight excluding hydrogens is 325 g/mol. The van der Waals surface area contributed by atoms with E-state index < -0.39 is 10.8 Å². The van der Waals surface area contributed by atoms with Gasteiger partial charge in [0.1, 0.15) is 11.6 Å². The molecule has 1 aliphatic rings. The van der Waals surface area contributed by atoms with Crippen molar-refractivity contribution in [1.82, 2.24) is 5.32 Å². The van der Waals surface area contributed by atoms with Gasteiger partial charge in [-0.25, -0.2) is 4.39 Å². The van der Waals surface area contributed by atoms with Gasteiger partial charge < -0.3 is 5.32 Å². The minimum Gasteiger partial charge on any atom is -0.354 e. The molecule has 0 unspecified atom stereocenters. The molecule has 3 rings (SSSR count). The Kier molecular flexibility index (Phi) is 5.09. The fourth-order valence-corrected chi connectivity index (χ4v) is 3.85. The molecule has 2 aromatic carbocycles. The van der Waals surface area contributed by atoms with E-state index in [4.69, 9.17) is 0 Å². The summed E-state index contributed by atoms with van der Waals surface area (Å²) in [4.78, 5) is 12.0. The molecule has 1 saturated carbocycles. The summed E-state index contributed by atoms with van der Waals surface area (Å²) in [6, 6.07) is 16.0. The lowest BCUT2D eigenvalue weighted by Gasteiger charge is -2.16. The van der Waals surface area contributed by atoms with Gasteiger partial charge in [0.2, 0.25) is 5.91 Å². The number of carbonyl (C=O) groups excluding carboxylic acids is 1. The molecule has 0 radical (unpaired) electrons. The van der Waals surface area contributed by atoms with Crippen LogP contribution in [0.1, 0.15) is 24.0 Å². The summed E-state index contributed by atoms with van der Waals surface area (Å²) in [6.45, 7) is 0.587. The minimum atomic E-state index is -1.29. The lowest BCUT2D eigenvalue weighted by atomic mass is 9.96. The van der Waals surface area contributed by atoms with Crippen molar-refractivity contribution in [1.29, 1.82) is 0 Å². The molecule has 5 heteroatoms. The summed E-state index contributed by atoms with van der Waals surface area (Å²) in [6.07, 6.45) is 2.13. The predicted octanol–water partition coefficient (Wildman–Crippen LogP) is 2.92. The maximum absolute atomic E-state index is 12.9. The molecular formula is C19H20FNO2S. The van der Waals surface area contributed by atoms with Crippen molar-refractivity contribution < 1.29 is 13.4 Å². The molecule has 1 atom stereocenters. The Morgan fingerprint density at radius 3 is 2.38 bits per heavy atom. The molecule has 1 aliphatic carbocycles. The fourth-order valence-electron chi connectivity index (χ4n) is 2.79. The molecule has 1 fully saturated rings. The minimum absolute atomic E-state index is 0.0255. The molecule has 0 bridgehead atoms. The van der Waals surface area contributed by atoms with Crippen LogP contribution in [-0.4, -0.2) is 22.4 Å². The summed E-state index contributed by atoms with van der Waals surface area (Å²) >= 11 is 0. The molecule has 2 aromatic rings. The van der Waals surface area contributed by atoms with Gasteiger partial charge in [0.05, 0.1) is 0 Å². The van der Waals surface area contributed by atoms with Crippen molar-refractivity contribution in [3.63, 3.8) is 0 Å². The number of amides is 1. The first-order chi connectivity index (χ1) is 11.6. The zero-order chi connectivity index (χ0) is 17.0. The van der Waals surface area contributed by atoms with Crippen molar-refractivity contribution in [3.8, 4) is 0 Å². The molecule has 24 heavy (non-hydrogen) atoms. The van der Waals surface area contributed by atoms with Gasteiger partial charge in [-0.15, -0.1) is 0 Å². The number of rotatable bonds is 7. The highest BCUT2D eigenvalue weighted by atomic mass is 32.2. The number of benzene rings is 2. The summed E-state index contributed by atoms with van der Waals surface area (Å²) < 4.78 is 24.9. The summed E-state index contributed by atoms with van der Waals surface area (Å²) in [5.74, 6) is -0.282. The fraction of sp³-hybridized carbons (Fsp3) is 0.316. The average Bonchev–Trinajstić information content (AvgIpc) is 3.37. The zero-order valence-corrected chi connectivity index (χ0v) is 14.2. The first-order valence-corrected chi connectivity index (χ1v) is 9.48. The topological polar surface area (TPSA) is 46.2 Å². The third-order valence-electron chi connectivity index (χ3n) is 4.40. The first kappa shape index (κ1) is 16.8.